The molecule has 5 heteroatoms. The van der Waals surface area contributed by atoms with Gasteiger partial charge in [0.25, 0.3) is 0 Å². The van der Waals surface area contributed by atoms with Crippen LogP contribution in [0.5, 0.6) is 0 Å². The summed E-state index contributed by atoms with van der Waals surface area (Å²) in [6.07, 6.45) is 1.33. The number of aryl methyl sites for hydroxylation is 1. The maximum Gasteiger partial charge on any atom is 0.362 e. The van der Waals surface area contributed by atoms with Crippen molar-refractivity contribution in [1.82, 2.24) is 4.98 Å². The molecular weight excluding hydrogens is 274 g/mol. The molecule has 0 aliphatic rings. The van der Waals surface area contributed by atoms with Gasteiger partial charge < -0.3 is 9.52 Å². The van der Waals surface area contributed by atoms with E-state index in [4.69, 9.17) is 4.42 Å². The average molecular weight is 285 g/mol. The van der Waals surface area contributed by atoms with E-state index in [1.54, 1.807) is 18.2 Å². The lowest BCUT2D eigenvalue weighted by Gasteiger charge is -2.00. The lowest BCUT2D eigenvalue weighted by Crippen LogP contribution is -2.06. The highest BCUT2D eigenvalue weighted by Crippen LogP contribution is 2.20. The Morgan fingerprint density at radius 1 is 1.40 bits per heavy atom. The van der Waals surface area contributed by atoms with E-state index in [0.29, 0.717) is 16.0 Å². The summed E-state index contributed by atoms with van der Waals surface area (Å²) in [6, 6.07) is 9.02. The number of aromatic nitrogens is 1. The molecule has 3 aromatic rings. The van der Waals surface area contributed by atoms with E-state index in [1.807, 2.05) is 24.4 Å². The van der Waals surface area contributed by atoms with Gasteiger partial charge in [0.2, 0.25) is 0 Å². The highest BCUT2D eigenvalue weighted by molar-refractivity contribution is 7.11. The zero-order valence-electron chi connectivity index (χ0n) is 10.7. The highest BCUT2D eigenvalue weighted by Gasteiger charge is 2.08. The van der Waals surface area contributed by atoms with Crippen molar-refractivity contribution < 1.29 is 9.52 Å². The number of thiophene rings is 1. The van der Waals surface area contributed by atoms with E-state index >= 15 is 0 Å². The summed E-state index contributed by atoms with van der Waals surface area (Å²) in [4.78, 5) is 16.8. The number of aliphatic hydroxyl groups is 1. The Balaban J connectivity index is 2.13. The van der Waals surface area contributed by atoms with Crippen molar-refractivity contribution in [3.8, 4) is 0 Å². The van der Waals surface area contributed by atoms with Gasteiger partial charge in [-0.05, 0) is 36.1 Å². The van der Waals surface area contributed by atoms with Crippen LogP contribution in [0.4, 0.5) is 0 Å². The van der Waals surface area contributed by atoms with Gasteiger partial charge in [0.1, 0.15) is 11.3 Å². The molecule has 100 valence electrons. The fourth-order valence-corrected chi connectivity index (χ4v) is 2.48. The van der Waals surface area contributed by atoms with Crippen LogP contribution >= 0.6 is 11.3 Å². The number of aliphatic hydroxyl groups excluding tert-OH is 1. The van der Waals surface area contributed by atoms with Gasteiger partial charge in [0.15, 0.2) is 11.3 Å². The van der Waals surface area contributed by atoms with Crippen LogP contribution in [0, 0.1) is 6.92 Å². The van der Waals surface area contributed by atoms with Gasteiger partial charge in [-0.25, -0.2) is 9.78 Å². The van der Waals surface area contributed by atoms with Crippen LogP contribution in [0.2, 0.25) is 0 Å². The molecule has 0 unspecified atom stereocenters. The van der Waals surface area contributed by atoms with Crippen molar-refractivity contribution in [3.63, 3.8) is 0 Å². The Labute approximate surface area is 118 Å². The predicted octanol–water partition coefficient (Wildman–Crippen LogP) is 3.61. The number of hydrogen-bond acceptors (Lipinski definition) is 5. The summed E-state index contributed by atoms with van der Waals surface area (Å²) in [5.74, 6) is 0.00580. The molecule has 0 amide bonds. The SMILES string of the molecule is Cc1ccc2nc(/C=C(/O)c3cccs3)c(=O)oc2c1. The second-order valence-corrected chi connectivity index (χ2v) is 5.31. The summed E-state index contributed by atoms with van der Waals surface area (Å²) < 4.78 is 5.22. The van der Waals surface area contributed by atoms with Crippen molar-refractivity contribution >= 4 is 34.3 Å². The minimum atomic E-state index is -0.564. The molecule has 3 rings (SSSR count). The van der Waals surface area contributed by atoms with Gasteiger partial charge in [0, 0.05) is 6.08 Å². The molecular formula is C15H11NO3S. The van der Waals surface area contributed by atoms with Crippen LogP contribution in [0.1, 0.15) is 16.1 Å². The zero-order valence-corrected chi connectivity index (χ0v) is 11.5. The van der Waals surface area contributed by atoms with Gasteiger partial charge >= 0.3 is 5.63 Å². The second kappa shape index (κ2) is 4.94. The topological polar surface area (TPSA) is 63.3 Å². The van der Waals surface area contributed by atoms with Gasteiger partial charge in [-0.1, -0.05) is 12.1 Å². The first kappa shape index (κ1) is 12.6. The molecule has 0 radical (unpaired) electrons. The molecule has 2 aromatic heterocycles. The molecule has 0 aliphatic carbocycles. The van der Waals surface area contributed by atoms with E-state index in [2.05, 4.69) is 4.98 Å². The summed E-state index contributed by atoms with van der Waals surface area (Å²) in [7, 11) is 0. The smallest absolute Gasteiger partial charge is 0.362 e. The van der Waals surface area contributed by atoms with Crippen LogP contribution in [0.3, 0.4) is 0 Å². The Morgan fingerprint density at radius 2 is 2.25 bits per heavy atom. The molecule has 0 atom stereocenters. The zero-order chi connectivity index (χ0) is 14.1. The summed E-state index contributed by atoms with van der Waals surface area (Å²) in [6.45, 7) is 1.91. The van der Waals surface area contributed by atoms with Crippen molar-refractivity contribution in [2.75, 3.05) is 0 Å². The first-order valence-corrected chi connectivity index (χ1v) is 6.87. The monoisotopic (exact) mass is 285 g/mol. The van der Waals surface area contributed by atoms with Crippen molar-refractivity contribution in [2.45, 2.75) is 6.92 Å². The molecule has 2 heterocycles. The Hall–Kier alpha value is -2.40. The first-order valence-electron chi connectivity index (χ1n) is 5.99. The third kappa shape index (κ3) is 2.35. The number of rotatable bonds is 2. The minimum absolute atomic E-state index is 0.00580. The molecule has 0 fully saturated rings. The number of benzene rings is 1. The van der Waals surface area contributed by atoms with Crippen LogP contribution in [-0.4, -0.2) is 10.1 Å². The third-order valence-corrected chi connectivity index (χ3v) is 3.71. The molecule has 0 saturated heterocycles. The molecule has 0 spiro atoms. The van der Waals surface area contributed by atoms with E-state index in [9.17, 15) is 9.90 Å². The Kier molecular flexibility index (Phi) is 3.12. The van der Waals surface area contributed by atoms with Crippen LogP contribution in [-0.2, 0) is 0 Å². The molecule has 0 bridgehead atoms. The van der Waals surface area contributed by atoms with E-state index in [1.165, 1.54) is 17.4 Å². The fourth-order valence-electron chi connectivity index (χ4n) is 1.84. The van der Waals surface area contributed by atoms with Crippen molar-refractivity contribution in [2.24, 2.45) is 0 Å². The van der Waals surface area contributed by atoms with Gasteiger partial charge in [0.05, 0.1) is 4.88 Å². The maximum absolute atomic E-state index is 11.9. The van der Waals surface area contributed by atoms with Gasteiger partial charge in [-0.3, -0.25) is 0 Å². The molecule has 0 aliphatic heterocycles. The summed E-state index contributed by atoms with van der Waals surface area (Å²) >= 11 is 1.38. The maximum atomic E-state index is 11.9. The van der Waals surface area contributed by atoms with Crippen molar-refractivity contribution in [1.29, 1.82) is 0 Å². The highest BCUT2D eigenvalue weighted by atomic mass is 32.1. The molecule has 0 saturated carbocycles. The van der Waals surface area contributed by atoms with Crippen LogP contribution < -0.4 is 5.63 Å². The standard InChI is InChI=1S/C15H11NO3S/c1-9-4-5-10-13(7-9)19-15(18)11(16-10)8-12(17)14-3-2-6-20-14/h2-8,17H,1H3/b12-8+. The van der Waals surface area contributed by atoms with Crippen LogP contribution in [0.15, 0.2) is 44.9 Å². The molecule has 20 heavy (non-hydrogen) atoms. The lowest BCUT2D eigenvalue weighted by molar-refractivity contribution is 0.516. The lowest BCUT2D eigenvalue weighted by atomic mass is 10.2. The largest absolute Gasteiger partial charge is 0.506 e. The quantitative estimate of drug-likeness (QED) is 0.730. The van der Waals surface area contributed by atoms with Crippen molar-refractivity contribution in [3.05, 3.63) is 62.3 Å². The van der Waals surface area contributed by atoms with E-state index in [0.717, 1.165) is 5.56 Å². The van der Waals surface area contributed by atoms with E-state index in [-0.39, 0.29) is 11.5 Å². The second-order valence-electron chi connectivity index (χ2n) is 4.36. The van der Waals surface area contributed by atoms with E-state index < -0.39 is 5.63 Å². The summed E-state index contributed by atoms with van der Waals surface area (Å²) in [5, 5.41) is 11.8. The normalized spacial score (nSPS) is 11.9. The molecule has 1 aromatic carbocycles. The average Bonchev–Trinajstić information content (AvgIpc) is 2.94. The van der Waals surface area contributed by atoms with Crippen LogP contribution in [0.25, 0.3) is 22.9 Å². The molecule has 4 nitrogen and oxygen atoms in total. The molecule has 1 N–H and O–H groups in total. The number of fused-ring (bicyclic) bond motifs is 1. The van der Waals surface area contributed by atoms with Gasteiger partial charge in [-0.15, -0.1) is 11.3 Å². The third-order valence-electron chi connectivity index (χ3n) is 2.82. The summed E-state index contributed by atoms with van der Waals surface area (Å²) in [5.41, 5.74) is 1.55. The Morgan fingerprint density at radius 3 is 3.00 bits per heavy atom. The number of nitrogens with zero attached hydrogens (tertiary/aromatic N) is 1. The minimum Gasteiger partial charge on any atom is -0.506 e. The van der Waals surface area contributed by atoms with Gasteiger partial charge in [-0.2, -0.15) is 0 Å². The predicted molar refractivity (Wildman–Crippen MR) is 79.8 cm³/mol. The first-order chi connectivity index (χ1) is 9.63. The fraction of sp³-hybridized carbons (Fsp3) is 0.0667. The Bertz CT molecular complexity index is 847. The number of hydrogen-bond donors (Lipinski definition) is 1.